The van der Waals surface area contributed by atoms with E-state index in [-0.39, 0.29) is 11.4 Å². The van der Waals surface area contributed by atoms with Crippen LogP contribution in [0.1, 0.15) is 58.8 Å². The Bertz CT molecular complexity index is 303. The van der Waals surface area contributed by atoms with E-state index in [1.54, 1.807) is 0 Å². The van der Waals surface area contributed by atoms with E-state index in [2.05, 4.69) is 24.5 Å². The lowest BCUT2D eigenvalue weighted by Crippen LogP contribution is -2.56. The second-order valence-corrected chi connectivity index (χ2v) is 7.38. The molecule has 0 aromatic carbocycles. The summed E-state index contributed by atoms with van der Waals surface area (Å²) >= 11 is 2.01. The van der Waals surface area contributed by atoms with Crippen LogP contribution < -0.4 is 10.6 Å². The Morgan fingerprint density at radius 2 is 2.21 bits per heavy atom. The van der Waals surface area contributed by atoms with Gasteiger partial charge in [-0.25, -0.2) is 0 Å². The Morgan fingerprint density at radius 1 is 1.37 bits per heavy atom. The molecule has 0 bridgehead atoms. The first kappa shape index (κ1) is 15.2. The van der Waals surface area contributed by atoms with Gasteiger partial charge in [-0.3, -0.25) is 4.79 Å². The summed E-state index contributed by atoms with van der Waals surface area (Å²) in [6.07, 6.45) is 7.85. The largest absolute Gasteiger partial charge is 0.351 e. The Labute approximate surface area is 121 Å². The zero-order valence-corrected chi connectivity index (χ0v) is 13.2. The van der Waals surface area contributed by atoms with Crippen molar-refractivity contribution in [3.63, 3.8) is 0 Å². The molecule has 3 atom stereocenters. The van der Waals surface area contributed by atoms with Gasteiger partial charge in [-0.15, -0.1) is 0 Å². The molecule has 1 saturated heterocycles. The molecule has 110 valence electrons. The third kappa shape index (κ3) is 3.46. The van der Waals surface area contributed by atoms with Crippen LogP contribution in [0.25, 0.3) is 0 Å². The van der Waals surface area contributed by atoms with Crippen LogP contribution in [0.3, 0.4) is 0 Å². The highest BCUT2D eigenvalue weighted by molar-refractivity contribution is 7.99. The van der Waals surface area contributed by atoms with Gasteiger partial charge in [-0.2, -0.15) is 11.8 Å². The predicted molar refractivity (Wildman–Crippen MR) is 82.6 cm³/mol. The van der Waals surface area contributed by atoms with Crippen molar-refractivity contribution in [3.05, 3.63) is 0 Å². The van der Waals surface area contributed by atoms with Crippen molar-refractivity contribution in [1.82, 2.24) is 10.6 Å². The zero-order valence-electron chi connectivity index (χ0n) is 12.3. The average molecular weight is 284 g/mol. The second-order valence-electron chi connectivity index (χ2n) is 5.87. The standard InChI is InChI=1S/C15H28N2OS/c1-3-9-15(10-6-11-16-15)14(18)17-12-7-5-8-13(12)19-4-2/h12-13,16H,3-11H2,1-2H3,(H,17,18). The Balaban J connectivity index is 1.95. The molecule has 3 nitrogen and oxygen atoms in total. The fourth-order valence-electron chi connectivity index (χ4n) is 3.56. The predicted octanol–water partition coefficient (Wildman–Crippen LogP) is 2.70. The van der Waals surface area contributed by atoms with Crippen molar-refractivity contribution in [1.29, 1.82) is 0 Å². The second kappa shape index (κ2) is 6.98. The van der Waals surface area contributed by atoms with Gasteiger partial charge in [-0.05, 0) is 44.4 Å². The molecule has 2 aliphatic rings. The highest BCUT2D eigenvalue weighted by Crippen LogP contribution is 2.31. The van der Waals surface area contributed by atoms with Crippen molar-refractivity contribution in [2.45, 2.75) is 75.6 Å². The van der Waals surface area contributed by atoms with E-state index in [1.807, 2.05) is 11.8 Å². The van der Waals surface area contributed by atoms with Crippen LogP contribution in [0.5, 0.6) is 0 Å². The van der Waals surface area contributed by atoms with Crippen molar-refractivity contribution >= 4 is 17.7 Å². The molecule has 4 heteroatoms. The number of hydrogen-bond acceptors (Lipinski definition) is 3. The summed E-state index contributed by atoms with van der Waals surface area (Å²) < 4.78 is 0. The molecule has 1 saturated carbocycles. The normalized spacial score (nSPS) is 34.6. The molecule has 19 heavy (non-hydrogen) atoms. The molecule has 1 amide bonds. The maximum Gasteiger partial charge on any atom is 0.240 e. The third-order valence-corrected chi connectivity index (χ3v) is 5.83. The molecule has 0 aromatic heterocycles. The quantitative estimate of drug-likeness (QED) is 0.788. The highest BCUT2D eigenvalue weighted by Gasteiger charge is 2.41. The maximum atomic E-state index is 12.7. The van der Waals surface area contributed by atoms with E-state index in [0.29, 0.717) is 11.3 Å². The Kier molecular flexibility index (Phi) is 5.58. The molecule has 0 spiro atoms. The molecule has 1 heterocycles. The van der Waals surface area contributed by atoms with Crippen molar-refractivity contribution in [3.8, 4) is 0 Å². The van der Waals surface area contributed by atoms with Crippen molar-refractivity contribution in [2.75, 3.05) is 12.3 Å². The van der Waals surface area contributed by atoms with Gasteiger partial charge in [0, 0.05) is 11.3 Å². The molecular formula is C15H28N2OS. The number of carbonyl (C=O) groups is 1. The highest BCUT2D eigenvalue weighted by atomic mass is 32.2. The van der Waals surface area contributed by atoms with Crippen LogP contribution in [-0.4, -0.2) is 35.0 Å². The fraction of sp³-hybridized carbons (Fsp3) is 0.933. The zero-order chi connectivity index (χ0) is 13.7. The van der Waals surface area contributed by atoms with E-state index < -0.39 is 0 Å². The van der Waals surface area contributed by atoms with Crippen molar-refractivity contribution < 1.29 is 4.79 Å². The van der Waals surface area contributed by atoms with Gasteiger partial charge in [0.15, 0.2) is 0 Å². The first-order chi connectivity index (χ1) is 9.22. The molecule has 1 aliphatic heterocycles. The summed E-state index contributed by atoms with van der Waals surface area (Å²) in [6, 6.07) is 0.397. The number of rotatable bonds is 6. The molecule has 2 fully saturated rings. The molecule has 0 radical (unpaired) electrons. The maximum absolute atomic E-state index is 12.7. The van der Waals surface area contributed by atoms with Gasteiger partial charge in [0.1, 0.15) is 0 Å². The smallest absolute Gasteiger partial charge is 0.240 e. The van der Waals surface area contributed by atoms with Crippen LogP contribution >= 0.6 is 11.8 Å². The van der Waals surface area contributed by atoms with Gasteiger partial charge in [0.25, 0.3) is 0 Å². The van der Waals surface area contributed by atoms with Crippen molar-refractivity contribution in [2.24, 2.45) is 0 Å². The van der Waals surface area contributed by atoms with Crippen LogP contribution in [-0.2, 0) is 4.79 Å². The van der Waals surface area contributed by atoms with E-state index in [1.165, 1.54) is 12.8 Å². The first-order valence-electron chi connectivity index (χ1n) is 7.89. The molecule has 1 aliphatic carbocycles. The van der Waals surface area contributed by atoms with Gasteiger partial charge < -0.3 is 10.6 Å². The number of thioether (sulfide) groups is 1. The van der Waals surface area contributed by atoms with Gasteiger partial charge in [-0.1, -0.05) is 26.7 Å². The summed E-state index contributed by atoms with van der Waals surface area (Å²) in [4.78, 5) is 12.7. The number of amides is 1. The van der Waals surface area contributed by atoms with Crippen LogP contribution in [0.2, 0.25) is 0 Å². The number of carbonyl (C=O) groups excluding carboxylic acids is 1. The monoisotopic (exact) mass is 284 g/mol. The SMILES string of the molecule is CCCC1(C(=O)NC2CCCC2SCC)CCCN1. The van der Waals surface area contributed by atoms with Gasteiger partial charge in [0.05, 0.1) is 5.54 Å². The van der Waals surface area contributed by atoms with Crippen LogP contribution in [0.4, 0.5) is 0 Å². The fourth-order valence-corrected chi connectivity index (χ4v) is 4.76. The van der Waals surface area contributed by atoms with Gasteiger partial charge >= 0.3 is 0 Å². The molecule has 2 N–H and O–H groups in total. The summed E-state index contributed by atoms with van der Waals surface area (Å²) in [6.45, 7) is 5.37. The van der Waals surface area contributed by atoms with E-state index in [0.717, 1.165) is 44.4 Å². The number of nitrogens with one attached hydrogen (secondary N) is 2. The molecule has 0 aromatic rings. The first-order valence-corrected chi connectivity index (χ1v) is 8.94. The lowest BCUT2D eigenvalue weighted by molar-refractivity contribution is -0.128. The lowest BCUT2D eigenvalue weighted by atomic mass is 9.90. The third-order valence-electron chi connectivity index (χ3n) is 4.50. The van der Waals surface area contributed by atoms with Crippen LogP contribution in [0.15, 0.2) is 0 Å². The topological polar surface area (TPSA) is 41.1 Å². The summed E-state index contributed by atoms with van der Waals surface area (Å²) in [5, 5.41) is 7.47. The average Bonchev–Trinajstić information content (AvgIpc) is 3.01. The molecule has 2 rings (SSSR count). The number of hydrogen-bond donors (Lipinski definition) is 2. The van der Waals surface area contributed by atoms with E-state index in [4.69, 9.17) is 0 Å². The molecule has 3 unspecified atom stereocenters. The lowest BCUT2D eigenvalue weighted by Gasteiger charge is -2.31. The minimum Gasteiger partial charge on any atom is -0.351 e. The van der Waals surface area contributed by atoms with Gasteiger partial charge in [0.2, 0.25) is 5.91 Å². The summed E-state index contributed by atoms with van der Waals surface area (Å²) in [5.74, 6) is 1.41. The minimum atomic E-state index is -0.265. The molecular weight excluding hydrogens is 256 g/mol. The Morgan fingerprint density at radius 3 is 2.84 bits per heavy atom. The van der Waals surface area contributed by atoms with E-state index >= 15 is 0 Å². The summed E-state index contributed by atoms with van der Waals surface area (Å²) in [5.41, 5.74) is -0.265. The summed E-state index contributed by atoms with van der Waals surface area (Å²) in [7, 11) is 0. The van der Waals surface area contributed by atoms with Crippen LogP contribution in [0, 0.1) is 0 Å². The minimum absolute atomic E-state index is 0.264. The Hall–Kier alpha value is -0.220. The van der Waals surface area contributed by atoms with E-state index in [9.17, 15) is 4.79 Å².